The SMILES string of the molecule is C[C@H](OCCCCCC(C)(C)O[Si](C)(C)C)[C@H]1CC[C@H]2C3=CC=C4C[C@@H](O[Si](C)(C)C(C)(C)C)C[C@H](O[Si](C)(C)C(C)(C)C)[C@]4(C)[C@H]3CC[C@]12C. The normalized spacial score (nSPS) is 32.9. The van der Waals surface area contributed by atoms with Crippen molar-refractivity contribution in [3.8, 4) is 0 Å². The molecule has 0 saturated heterocycles. The minimum absolute atomic E-state index is 0.0134. The van der Waals surface area contributed by atoms with Gasteiger partial charge in [-0.05, 0) is 151 Å². The third-order valence-electron chi connectivity index (χ3n) is 15.1. The molecular weight excluding hydrogens is 677 g/mol. The van der Waals surface area contributed by atoms with Crippen molar-refractivity contribution in [1.29, 1.82) is 0 Å². The highest BCUT2D eigenvalue weighted by Gasteiger charge is 2.61. The average molecular weight is 761 g/mol. The molecule has 0 amide bonds. The van der Waals surface area contributed by atoms with E-state index in [0.29, 0.717) is 29.3 Å². The van der Waals surface area contributed by atoms with Gasteiger partial charge in [-0.3, -0.25) is 0 Å². The van der Waals surface area contributed by atoms with E-state index < -0.39 is 25.0 Å². The molecule has 0 aromatic carbocycles. The lowest BCUT2D eigenvalue weighted by Crippen LogP contribution is -2.58. The van der Waals surface area contributed by atoms with Crippen LogP contribution in [0, 0.1) is 28.6 Å². The summed E-state index contributed by atoms with van der Waals surface area (Å²) in [6.45, 7) is 44.0. The van der Waals surface area contributed by atoms with Crippen LogP contribution in [0.15, 0.2) is 23.3 Å². The Hall–Kier alpha value is -0.0294. The first-order chi connectivity index (χ1) is 23.0. The number of rotatable bonds is 14. The summed E-state index contributed by atoms with van der Waals surface area (Å²) in [5, 5.41) is 0.372. The van der Waals surface area contributed by atoms with Gasteiger partial charge < -0.3 is 18.0 Å². The van der Waals surface area contributed by atoms with Gasteiger partial charge in [0, 0.05) is 12.0 Å². The summed E-state index contributed by atoms with van der Waals surface area (Å²) < 4.78 is 27.9. The standard InChI is InChI=1S/C44H84O4Si3/c1-32(45-29-21-19-20-27-42(8,9)48-49(12,13)14)36-24-25-37-35-23-22-33-30-34(46-50(15,16)40(2,3)4)31-39(47-51(17,18)41(5,6)7)44(33,11)38(35)26-28-43(36,37)10/h22-23,32,34,36-39H,19-21,24-31H2,1-18H3/t32-,34+,36+,37-,38-,39-,43+,44-/m0/s1. The Morgan fingerprint density at radius 1 is 0.765 bits per heavy atom. The van der Waals surface area contributed by atoms with Gasteiger partial charge in [-0.2, -0.15) is 0 Å². The van der Waals surface area contributed by atoms with E-state index >= 15 is 0 Å². The molecule has 3 saturated carbocycles. The molecule has 0 aliphatic heterocycles. The number of allylic oxidation sites excluding steroid dienone is 3. The van der Waals surface area contributed by atoms with Crippen molar-refractivity contribution in [2.24, 2.45) is 28.6 Å². The molecule has 296 valence electrons. The zero-order chi connectivity index (χ0) is 38.6. The molecule has 4 aliphatic carbocycles. The van der Waals surface area contributed by atoms with Gasteiger partial charge in [0.25, 0.3) is 0 Å². The maximum Gasteiger partial charge on any atom is 0.192 e. The van der Waals surface area contributed by atoms with Gasteiger partial charge in [0.15, 0.2) is 25.0 Å². The fourth-order valence-electron chi connectivity index (χ4n) is 10.3. The summed E-state index contributed by atoms with van der Waals surface area (Å²) >= 11 is 0. The van der Waals surface area contributed by atoms with Gasteiger partial charge in [-0.1, -0.05) is 91.5 Å². The van der Waals surface area contributed by atoms with E-state index in [1.54, 1.807) is 11.1 Å². The first kappa shape index (κ1) is 43.7. The molecule has 51 heavy (non-hydrogen) atoms. The maximum absolute atomic E-state index is 7.58. The van der Waals surface area contributed by atoms with Crippen LogP contribution in [0.25, 0.3) is 0 Å². The van der Waals surface area contributed by atoms with Crippen molar-refractivity contribution in [2.45, 2.75) is 220 Å². The number of unbranched alkanes of at least 4 members (excludes halogenated alkanes) is 2. The van der Waals surface area contributed by atoms with E-state index in [2.05, 4.69) is 134 Å². The predicted octanol–water partition coefficient (Wildman–Crippen LogP) is 13.5. The third kappa shape index (κ3) is 9.51. The Balaban J connectivity index is 1.48. The number of hydrogen-bond donors (Lipinski definition) is 0. The maximum atomic E-state index is 7.58. The van der Waals surface area contributed by atoms with Crippen molar-refractivity contribution in [2.75, 3.05) is 6.61 Å². The molecule has 4 aliphatic rings. The van der Waals surface area contributed by atoms with Gasteiger partial charge in [-0.25, -0.2) is 0 Å². The molecule has 4 nitrogen and oxygen atoms in total. The van der Waals surface area contributed by atoms with Crippen LogP contribution in [0.4, 0.5) is 0 Å². The van der Waals surface area contributed by atoms with Gasteiger partial charge in [0.05, 0.1) is 23.9 Å². The Morgan fingerprint density at radius 2 is 1.37 bits per heavy atom. The minimum atomic E-state index is -2.02. The topological polar surface area (TPSA) is 36.9 Å². The van der Waals surface area contributed by atoms with E-state index in [4.69, 9.17) is 18.0 Å². The zero-order valence-electron chi connectivity index (χ0n) is 37.0. The van der Waals surface area contributed by atoms with Crippen LogP contribution in [0.2, 0.25) is 55.9 Å². The van der Waals surface area contributed by atoms with Crippen molar-refractivity contribution in [3.05, 3.63) is 23.3 Å². The summed E-state index contributed by atoms with van der Waals surface area (Å²) in [7, 11) is -5.45. The first-order valence-electron chi connectivity index (χ1n) is 21.1. The Morgan fingerprint density at radius 3 is 1.96 bits per heavy atom. The Kier molecular flexibility index (Phi) is 13.0. The second kappa shape index (κ2) is 15.1. The van der Waals surface area contributed by atoms with E-state index in [1.807, 2.05) is 0 Å². The van der Waals surface area contributed by atoms with Crippen molar-refractivity contribution < 1.29 is 18.0 Å². The molecule has 4 rings (SSSR count). The lowest BCUT2D eigenvalue weighted by atomic mass is 9.49. The second-order valence-electron chi connectivity index (χ2n) is 22.6. The van der Waals surface area contributed by atoms with E-state index in [-0.39, 0.29) is 33.3 Å². The van der Waals surface area contributed by atoms with Gasteiger partial charge in [-0.15, -0.1) is 0 Å². The van der Waals surface area contributed by atoms with E-state index in [0.717, 1.165) is 32.3 Å². The van der Waals surface area contributed by atoms with Crippen LogP contribution in [-0.2, 0) is 18.0 Å². The summed E-state index contributed by atoms with van der Waals surface area (Å²) in [6, 6.07) is 0. The van der Waals surface area contributed by atoms with Crippen molar-refractivity contribution >= 4 is 25.0 Å². The quantitative estimate of drug-likeness (QED) is 0.130. The van der Waals surface area contributed by atoms with Crippen LogP contribution in [0.1, 0.15) is 140 Å². The van der Waals surface area contributed by atoms with Crippen molar-refractivity contribution in [1.82, 2.24) is 0 Å². The molecule has 0 spiro atoms. The summed E-state index contributed by atoms with van der Waals surface area (Å²) in [5.74, 6) is 1.83. The monoisotopic (exact) mass is 761 g/mol. The van der Waals surface area contributed by atoms with Crippen LogP contribution < -0.4 is 0 Å². The molecule has 0 N–H and O–H groups in total. The van der Waals surface area contributed by atoms with Crippen LogP contribution in [0.3, 0.4) is 0 Å². The van der Waals surface area contributed by atoms with Gasteiger partial charge >= 0.3 is 0 Å². The molecule has 0 aromatic heterocycles. The summed E-state index contributed by atoms with van der Waals surface area (Å²) in [4.78, 5) is 0. The molecule has 0 heterocycles. The number of hydrogen-bond acceptors (Lipinski definition) is 4. The fourth-order valence-corrected chi connectivity index (χ4v) is 14.8. The third-order valence-corrected chi connectivity index (χ3v) is 25.3. The highest BCUT2D eigenvalue weighted by molar-refractivity contribution is 6.74. The van der Waals surface area contributed by atoms with Crippen LogP contribution >= 0.6 is 0 Å². The zero-order valence-corrected chi connectivity index (χ0v) is 40.0. The molecule has 0 radical (unpaired) electrons. The van der Waals surface area contributed by atoms with E-state index in [9.17, 15) is 0 Å². The smallest absolute Gasteiger partial charge is 0.192 e. The molecule has 0 bridgehead atoms. The van der Waals surface area contributed by atoms with Crippen LogP contribution in [0.5, 0.6) is 0 Å². The molecule has 3 fully saturated rings. The molecule has 0 unspecified atom stereocenters. The first-order valence-corrected chi connectivity index (χ1v) is 30.4. The van der Waals surface area contributed by atoms with Crippen molar-refractivity contribution in [3.63, 3.8) is 0 Å². The average Bonchev–Trinajstić information content (AvgIpc) is 3.30. The van der Waals surface area contributed by atoms with E-state index in [1.165, 1.54) is 38.5 Å². The van der Waals surface area contributed by atoms with Gasteiger partial charge in [0.1, 0.15) is 0 Å². The predicted molar refractivity (Wildman–Crippen MR) is 227 cm³/mol. The lowest BCUT2D eigenvalue weighted by molar-refractivity contribution is -0.0585. The largest absolute Gasteiger partial charge is 0.414 e. The highest BCUT2D eigenvalue weighted by atomic mass is 28.4. The van der Waals surface area contributed by atoms with Crippen LogP contribution in [-0.4, -0.2) is 55.5 Å². The summed E-state index contributed by atoms with van der Waals surface area (Å²) in [6.07, 6.45) is 17.8. The number of ether oxygens (including phenoxy) is 1. The lowest BCUT2D eigenvalue weighted by Gasteiger charge is -2.59. The number of fused-ring (bicyclic) bond motifs is 5. The Labute approximate surface area is 320 Å². The highest BCUT2D eigenvalue weighted by Crippen LogP contribution is 2.66. The minimum Gasteiger partial charge on any atom is -0.414 e. The fraction of sp³-hybridized carbons (Fsp3) is 0.909. The Bertz CT molecular complexity index is 1260. The summed E-state index contributed by atoms with van der Waals surface area (Å²) in [5.41, 5.74) is 3.66. The second-order valence-corrected chi connectivity index (χ2v) is 36.6. The van der Waals surface area contributed by atoms with Gasteiger partial charge in [0.2, 0.25) is 0 Å². The molecule has 0 aromatic rings. The molecule has 7 heteroatoms. The molecule has 8 atom stereocenters. The molecular formula is C44H84O4Si3.